The summed E-state index contributed by atoms with van der Waals surface area (Å²) in [7, 11) is 3.99. The van der Waals surface area contributed by atoms with Gasteiger partial charge in [-0.05, 0) is 53.2 Å². The van der Waals surface area contributed by atoms with E-state index < -0.39 is 0 Å². The first kappa shape index (κ1) is 24.3. The predicted molar refractivity (Wildman–Crippen MR) is 126 cm³/mol. The van der Waals surface area contributed by atoms with Gasteiger partial charge in [-0.2, -0.15) is 0 Å². The molecule has 9 heteroatoms. The third-order valence-electron chi connectivity index (χ3n) is 3.96. The molecule has 7 nitrogen and oxygen atoms in total. The minimum atomic E-state index is -0.183. The molecule has 0 atom stereocenters. The monoisotopic (exact) mass is 563 g/mol. The van der Waals surface area contributed by atoms with Crippen molar-refractivity contribution in [2.24, 2.45) is 12.0 Å². The molecule has 1 amide bonds. The van der Waals surface area contributed by atoms with Crippen molar-refractivity contribution in [1.82, 2.24) is 20.1 Å². The maximum Gasteiger partial charge on any atom is 0.251 e. The van der Waals surface area contributed by atoms with Crippen LogP contribution in [-0.4, -0.2) is 53.1 Å². The number of hydrogen-bond acceptors (Lipinski definition) is 3. The zero-order chi connectivity index (χ0) is 19.8. The number of aliphatic imine (C=N–C) groups is 1. The maximum absolute atomic E-state index is 12.1. The molecule has 0 fully saturated rings. The van der Waals surface area contributed by atoms with Crippen LogP contribution in [0.15, 0.2) is 46.0 Å². The Morgan fingerprint density at radius 2 is 1.96 bits per heavy atom. The van der Waals surface area contributed by atoms with Crippen molar-refractivity contribution in [2.45, 2.75) is 13.5 Å². The van der Waals surface area contributed by atoms with E-state index >= 15 is 0 Å². The molecule has 0 saturated heterocycles. The lowest BCUT2D eigenvalue weighted by molar-refractivity contribution is 0.0955. The van der Waals surface area contributed by atoms with Crippen molar-refractivity contribution in [3.63, 3.8) is 0 Å². The Kier molecular flexibility index (Phi) is 10.4. The third-order valence-corrected chi connectivity index (χ3v) is 4.39. The van der Waals surface area contributed by atoms with Crippen molar-refractivity contribution in [3.05, 3.63) is 52.3 Å². The molecule has 2 rings (SSSR count). The zero-order valence-corrected chi connectivity index (χ0v) is 20.2. The van der Waals surface area contributed by atoms with Gasteiger partial charge in [-0.3, -0.25) is 9.79 Å². The molecule has 2 aromatic rings. The molecule has 28 heavy (non-hydrogen) atoms. The lowest BCUT2D eigenvalue weighted by atomic mass is 10.2. The van der Waals surface area contributed by atoms with Crippen molar-refractivity contribution in [1.29, 1.82) is 0 Å². The number of phenols is 1. The largest absolute Gasteiger partial charge is 0.508 e. The van der Waals surface area contributed by atoms with E-state index in [9.17, 15) is 9.90 Å². The van der Waals surface area contributed by atoms with Gasteiger partial charge in [0.15, 0.2) is 5.96 Å². The smallest absolute Gasteiger partial charge is 0.251 e. The minimum absolute atomic E-state index is 0. The van der Waals surface area contributed by atoms with Crippen molar-refractivity contribution in [2.75, 3.05) is 26.7 Å². The standard InChI is InChI=1S/C19H26BrN5O2.HI/c1-4-21-19(25(3)13-16-11-15(20)12-24(16)2)23-10-9-22-18(27)14-5-7-17(26)8-6-14;/h5-8,11-12,26H,4,9-10,13H2,1-3H3,(H,21,23)(H,22,27);1H. The second kappa shape index (κ2) is 11.9. The molecule has 3 N–H and O–H groups in total. The highest BCUT2D eigenvalue weighted by atomic mass is 127. The molecule has 1 heterocycles. The number of nitrogens with zero attached hydrogens (tertiary/aromatic N) is 3. The normalized spacial score (nSPS) is 10.9. The first-order valence-corrected chi connectivity index (χ1v) is 9.57. The van der Waals surface area contributed by atoms with Gasteiger partial charge in [0.25, 0.3) is 5.91 Å². The molecule has 1 aromatic heterocycles. The number of benzene rings is 1. The molecule has 0 aliphatic heterocycles. The highest BCUT2D eigenvalue weighted by Crippen LogP contribution is 2.15. The van der Waals surface area contributed by atoms with Crippen LogP contribution < -0.4 is 10.6 Å². The van der Waals surface area contributed by atoms with Crippen molar-refractivity contribution < 1.29 is 9.90 Å². The summed E-state index contributed by atoms with van der Waals surface area (Å²) in [5.41, 5.74) is 1.67. The predicted octanol–water partition coefficient (Wildman–Crippen LogP) is 2.94. The van der Waals surface area contributed by atoms with E-state index in [1.807, 2.05) is 32.1 Å². The number of nitrogens with one attached hydrogen (secondary N) is 2. The molecule has 0 aliphatic rings. The highest BCUT2D eigenvalue weighted by molar-refractivity contribution is 14.0. The second-order valence-electron chi connectivity index (χ2n) is 6.16. The van der Waals surface area contributed by atoms with Gasteiger partial charge in [0.05, 0.1) is 13.1 Å². The molecule has 1 aromatic carbocycles. The van der Waals surface area contributed by atoms with E-state index in [1.165, 1.54) is 12.1 Å². The van der Waals surface area contributed by atoms with E-state index in [2.05, 4.69) is 42.2 Å². The van der Waals surface area contributed by atoms with Crippen LogP contribution in [0.4, 0.5) is 0 Å². The summed E-state index contributed by atoms with van der Waals surface area (Å²) < 4.78 is 3.12. The van der Waals surface area contributed by atoms with Gasteiger partial charge >= 0.3 is 0 Å². The Balaban J connectivity index is 0.00000392. The number of carbonyl (C=O) groups excluding carboxylic acids is 1. The first-order chi connectivity index (χ1) is 12.9. The molecule has 0 unspecified atom stereocenters. The molecule has 0 bridgehead atoms. The van der Waals surface area contributed by atoms with E-state index in [1.54, 1.807) is 12.1 Å². The fourth-order valence-corrected chi connectivity index (χ4v) is 3.13. The summed E-state index contributed by atoms with van der Waals surface area (Å²) >= 11 is 3.49. The second-order valence-corrected chi connectivity index (χ2v) is 7.07. The number of phenolic OH excluding ortho intramolecular Hbond substituents is 1. The number of guanidine groups is 1. The zero-order valence-electron chi connectivity index (χ0n) is 16.3. The maximum atomic E-state index is 12.1. The SMILES string of the molecule is CCNC(=NCCNC(=O)c1ccc(O)cc1)N(C)Cc1cc(Br)cn1C.I. The average molecular weight is 564 g/mol. The Morgan fingerprint density at radius 1 is 1.29 bits per heavy atom. The number of aromatic nitrogens is 1. The third kappa shape index (κ3) is 7.34. The number of rotatable bonds is 7. The van der Waals surface area contributed by atoms with Gasteiger partial charge in [-0.1, -0.05) is 0 Å². The fraction of sp³-hybridized carbons (Fsp3) is 0.368. The summed E-state index contributed by atoms with van der Waals surface area (Å²) in [6, 6.07) is 8.24. The quantitative estimate of drug-likeness (QED) is 0.209. The Labute approximate surface area is 191 Å². The molecular formula is C19H27BrIN5O2. The molecule has 0 spiro atoms. The van der Waals surface area contributed by atoms with Gasteiger partial charge in [0.1, 0.15) is 5.75 Å². The summed E-state index contributed by atoms with van der Waals surface area (Å²) in [5.74, 6) is 0.741. The van der Waals surface area contributed by atoms with Gasteiger partial charge in [0, 0.05) is 49.1 Å². The van der Waals surface area contributed by atoms with Gasteiger partial charge in [-0.15, -0.1) is 24.0 Å². The topological polar surface area (TPSA) is 81.9 Å². The van der Waals surface area contributed by atoms with Gasteiger partial charge in [-0.25, -0.2) is 0 Å². The lowest BCUT2D eigenvalue weighted by Gasteiger charge is -2.22. The van der Waals surface area contributed by atoms with E-state index in [-0.39, 0.29) is 35.6 Å². The van der Waals surface area contributed by atoms with Gasteiger partial charge < -0.3 is 25.2 Å². The van der Waals surface area contributed by atoms with Crippen LogP contribution in [0, 0.1) is 0 Å². The molecule has 0 aliphatic carbocycles. The van der Waals surface area contributed by atoms with Crippen LogP contribution in [0.2, 0.25) is 0 Å². The molecular weight excluding hydrogens is 537 g/mol. The van der Waals surface area contributed by atoms with Crippen LogP contribution in [0.1, 0.15) is 23.0 Å². The number of halogens is 2. The summed E-state index contributed by atoms with van der Waals surface area (Å²) in [6.45, 7) is 4.40. The first-order valence-electron chi connectivity index (χ1n) is 8.78. The number of aromatic hydroxyl groups is 1. The van der Waals surface area contributed by atoms with E-state index in [0.717, 1.165) is 22.7 Å². The fourth-order valence-electron chi connectivity index (χ4n) is 2.56. The summed E-state index contributed by atoms with van der Waals surface area (Å²) in [4.78, 5) is 18.7. The number of amides is 1. The van der Waals surface area contributed by atoms with Crippen LogP contribution in [0.25, 0.3) is 0 Å². The number of hydrogen-bond donors (Lipinski definition) is 3. The van der Waals surface area contributed by atoms with Crippen molar-refractivity contribution >= 4 is 51.8 Å². The van der Waals surface area contributed by atoms with E-state index in [0.29, 0.717) is 25.2 Å². The van der Waals surface area contributed by atoms with Crippen LogP contribution in [0.5, 0.6) is 5.75 Å². The van der Waals surface area contributed by atoms with Crippen LogP contribution in [-0.2, 0) is 13.6 Å². The van der Waals surface area contributed by atoms with Crippen LogP contribution in [0.3, 0.4) is 0 Å². The molecule has 0 radical (unpaired) electrons. The van der Waals surface area contributed by atoms with Crippen molar-refractivity contribution in [3.8, 4) is 5.75 Å². The minimum Gasteiger partial charge on any atom is -0.508 e. The number of carbonyl (C=O) groups is 1. The van der Waals surface area contributed by atoms with E-state index in [4.69, 9.17) is 0 Å². The Bertz CT molecular complexity index is 792. The highest BCUT2D eigenvalue weighted by Gasteiger charge is 2.10. The summed E-state index contributed by atoms with van der Waals surface area (Å²) in [6.07, 6.45) is 2.02. The average Bonchev–Trinajstić information content (AvgIpc) is 2.95. The Hall–Kier alpha value is -1.75. The molecule has 154 valence electrons. The number of aryl methyl sites for hydroxylation is 1. The molecule has 0 saturated carbocycles. The van der Waals surface area contributed by atoms with Gasteiger partial charge in [0.2, 0.25) is 0 Å². The van der Waals surface area contributed by atoms with Crippen LogP contribution >= 0.6 is 39.9 Å². The lowest BCUT2D eigenvalue weighted by Crippen LogP contribution is -2.39. The summed E-state index contributed by atoms with van der Waals surface area (Å²) in [5, 5.41) is 15.4. The Morgan fingerprint density at radius 3 is 2.54 bits per heavy atom.